The van der Waals surface area contributed by atoms with Crippen LogP contribution < -0.4 is 0 Å². The fourth-order valence-electron chi connectivity index (χ4n) is 1.57. The van der Waals surface area contributed by atoms with Crippen LogP contribution in [0.5, 0.6) is 0 Å². The van der Waals surface area contributed by atoms with E-state index >= 15 is 0 Å². The summed E-state index contributed by atoms with van der Waals surface area (Å²) >= 11 is 8.54. The number of halogens is 1. The van der Waals surface area contributed by atoms with E-state index in [2.05, 4.69) is 4.98 Å². The maximum atomic E-state index is 11.9. The molecule has 20 heavy (non-hydrogen) atoms. The van der Waals surface area contributed by atoms with Gasteiger partial charge in [0.2, 0.25) is 0 Å². The van der Waals surface area contributed by atoms with E-state index in [-0.39, 0.29) is 5.78 Å². The second-order valence-corrected chi connectivity index (χ2v) is 6.43. The van der Waals surface area contributed by atoms with Crippen molar-refractivity contribution in [2.45, 2.75) is 0 Å². The van der Waals surface area contributed by atoms with Crippen molar-refractivity contribution in [3.63, 3.8) is 0 Å². The quantitative estimate of drug-likeness (QED) is 0.501. The Kier molecular flexibility index (Phi) is 3.82. The molecule has 0 saturated carbocycles. The molecule has 0 saturated heterocycles. The minimum absolute atomic E-state index is 0.0746. The van der Waals surface area contributed by atoms with E-state index in [1.54, 1.807) is 24.5 Å². The van der Waals surface area contributed by atoms with Gasteiger partial charge in [0.1, 0.15) is 0 Å². The molecule has 6 heteroatoms. The third kappa shape index (κ3) is 2.90. The number of allylic oxidation sites excluding steroid dienone is 1. The van der Waals surface area contributed by atoms with Crippen LogP contribution in [0, 0.1) is 0 Å². The number of carbonyl (C=O) groups excluding carboxylic acids is 1. The summed E-state index contributed by atoms with van der Waals surface area (Å²) in [6.07, 6.45) is 4.80. The number of thiazole rings is 1. The first-order valence-corrected chi connectivity index (χ1v) is 7.77. The smallest absolute Gasteiger partial charge is 0.195 e. The van der Waals surface area contributed by atoms with Crippen molar-refractivity contribution in [3.8, 4) is 10.8 Å². The Hall–Kier alpha value is -1.69. The molecule has 3 aromatic heterocycles. The zero-order valence-electron chi connectivity index (χ0n) is 10.1. The number of nitrogens with zero attached hydrogens (tertiary/aromatic N) is 1. The Labute approximate surface area is 128 Å². The maximum absolute atomic E-state index is 11.9. The van der Waals surface area contributed by atoms with Gasteiger partial charge in [-0.2, -0.15) is 0 Å². The zero-order chi connectivity index (χ0) is 13.9. The normalized spacial score (nSPS) is 11.2. The molecule has 3 nitrogen and oxygen atoms in total. The molecule has 0 fully saturated rings. The van der Waals surface area contributed by atoms with Gasteiger partial charge in [0.15, 0.2) is 16.6 Å². The topological polar surface area (TPSA) is 43.1 Å². The van der Waals surface area contributed by atoms with Crippen LogP contribution in [0.2, 0.25) is 4.34 Å². The lowest BCUT2D eigenvalue weighted by atomic mass is 10.3. The lowest BCUT2D eigenvalue weighted by Crippen LogP contribution is -1.88. The Morgan fingerprint density at radius 3 is 2.95 bits per heavy atom. The Morgan fingerprint density at radius 2 is 2.25 bits per heavy atom. The number of rotatable bonds is 4. The summed E-state index contributed by atoms with van der Waals surface area (Å²) in [5.41, 5.74) is 0.734. The molecule has 0 radical (unpaired) electrons. The van der Waals surface area contributed by atoms with Crippen molar-refractivity contribution in [1.29, 1.82) is 0 Å². The molecular formula is C14H8ClNO2S2. The predicted molar refractivity (Wildman–Crippen MR) is 82.5 cm³/mol. The summed E-state index contributed by atoms with van der Waals surface area (Å²) in [5.74, 6) is 0.653. The molecule has 0 atom stereocenters. The number of ketones is 1. The molecule has 0 unspecified atom stereocenters. The van der Waals surface area contributed by atoms with E-state index < -0.39 is 0 Å². The molecule has 3 aromatic rings. The molecule has 100 valence electrons. The Morgan fingerprint density at radius 1 is 1.35 bits per heavy atom. The van der Waals surface area contributed by atoms with E-state index in [9.17, 15) is 4.79 Å². The average Bonchev–Trinajstić information content (AvgIpc) is 3.16. The average molecular weight is 322 g/mol. The highest BCUT2D eigenvalue weighted by molar-refractivity contribution is 7.18. The monoisotopic (exact) mass is 321 g/mol. The highest BCUT2D eigenvalue weighted by atomic mass is 35.5. The third-order valence-corrected chi connectivity index (χ3v) is 4.60. The molecular weight excluding hydrogens is 314 g/mol. The van der Waals surface area contributed by atoms with Gasteiger partial charge in [0.05, 0.1) is 21.2 Å². The molecule has 3 rings (SSSR count). The second kappa shape index (κ2) is 5.75. The lowest BCUT2D eigenvalue weighted by molar-refractivity contribution is 0.105. The van der Waals surface area contributed by atoms with Gasteiger partial charge >= 0.3 is 0 Å². The molecule has 0 aromatic carbocycles. The van der Waals surface area contributed by atoms with Crippen LogP contribution >= 0.6 is 34.3 Å². The fourth-order valence-corrected chi connectivity index (χ4v) is 3.28. The van der Waals surface area contributed by atoms with Gasteiger partial charge in [-0.15, -0.1) is 22.7 Å². The van der Waals surface area contributed by atoms with Gasteiger partial charge in [-0.05, 0) is 36.4 Å². The van der Waals surface area contributed by atoms with Crippen LogP contribution in [0.3, 0.4) is 0 Å². The third-order valence-electron chi connectivity index (χ3n) is 2.48. The van der Waals surface area contributed by atoms with Crippen molar-refractivity contribution >= 4 is 46.1 Å². The first kappa shape index (κ1) is 13.3. The van der Waals surface area contributed by atoms with Gasteiger partial charge in [-0.1, -0.05) is 11.6 Å². The van der Waals surface area contributed by atoms with E-state index in [1.165, 1.54) is 28.7 Å². The van der Waals surface area contributed by atoms with E-state index in [1.807, 2.05) is 17.5 Å². The van der Waals surface area contributed by atoms with Gasteiger partial charge < -0.3 is 4.42 Å². The highest BCUT2D eigenvalue weighted by Gasteiger charge is 2.07. The van der Waals surface area contributed by atoms with Gasteiger partial charge in [0, 0.05) is 5.38 Å². The van der Waals surface area contributed by atoms with E-state index in [0.29, 0.717) is 9.21 Å². The van der Waals surface area contributed by atoms with Crippen LogP contribution in [0.1, 0.15) is 15.4 Å². The summed E-state index contributed by atoms with van der Waals surface area (Å²) in [6, 6.07) is 7.10. The standard InChI is InChI=1S/C14H8ClNO2S2/c15-13-6-5-12(20-13)10(17)4-3-9-8-19-14(16-9)11-2-1-7-18-11/h1-8H/b4-3-. The summed E-state index contributed by atoms with van der Waals surface area (Å²) in [5, 5.41) is 2.67. The minimum Gasteiger partial charge on any atom is -0.462 e. The first-order chi connectivity index (χ1) is 9.72. The summed E-state index contributed by atoms with van der Waals surface area (Å²) < 4.78 is 5.88. The lowest BCUT2D eigenvalue weighted by Gasteiger charge is -1.88. The molecule has 0 aliphatic carbocycles. The van der Waals surface area contributed by atoms with Crippen LogP contribution in [-0.4, -0.2) is 10.8 Å². The van der Waals surface area contributed by atoms with Crippen LogP contribution in [-0.2, 0) is 0 Å². The molecule has 0 spiro atoms. The van der Waals surface area contributed by atoms with Crippen molar-refractivity contribution < 1.29 is 9.21 Å². The number of furan rings is 1. The van der Waals surface area contributed by atoms with Crippen molar-refractivity contribution in [2.24, 2.45) is 0 Å². The van der Waals surface area contributed by atoms with Crippen molar-refractivity contribution in [3.05, 3.63) is 56.9 Å². The minimum atomic E-state index is -0.0746. The molecule has 0 N–H and O–H groups in total. The molecule has 0 amide bonds. The zero-order valence-corrected chi connectivity index (χ0v) is 12.5. The van der Waals surface area contributed by atoms with E-state index in [0.717, 1.165) is 16.5 Å². The predicted octanol–water partition coefficient (Wildman–Crippen LogP) is 5.01. The van der Waals surface area contributed by atoms with Crippen LogP contribution in [0.25, 0.3) is 16.8 Å². The maximum Gasteiger partial charge on any atom is 0.195 e. The molecule has 3 heterocycles. The second-order valence-electron chi connectivity index (χ2n) is 3.86. The Balaban J connectivity index is 1.75. The SMILES string of the molecule is O=C(/C=C\c1csc(-c2ccco2)n1)c1ccc(Cl)s1. The van der Waals surface area contributed by atoms with Crippen molar-refractivity contribution in [2.75, 3.05) is 0 Å². The number of hydrogen-bond donors (Lipinski definition) is 0. The van der Waals surface area contributed by atoms with Gasteiger partial charge in [-0.3, -0.25) is 4.79 Å². The van der Waals surface area contributed by atoms with Gasteiger partial charge in [-0.25, -0.2) is 4.98 Å². The molecule has 0 bridgehead atoms. The van der Waals surface area contributed by atoms with E-state index in [4.69, 9.17) is 16.0 Å². The fraction of sp³-hybridized carbons (Fsp3) is 0. The highest BCUT2D eigenvalue weighted by Crippen LogP contribution is 2.25. The summed E-state index contributed by atoms with van der Waals surface area (Å²) in [6.45, 7) is 0. The number of hydrogen-bond acceptors (Lipinski definition) is 5. The van der Waals surface area contributed by atoms with Crippen LogP contribution in [0.4, 0.5) is 0 Å². The summed E-state index contributed by atoms with van der Waals surface area (Å²) in [4.78, 5) is 16.9. The summed E-state index contributed by atoms with van der Waals surface area (Å²) in [7, 11) is 0. The van der Waals surface area contributed by atoms with Crippen LogP contribution in [0.15, 0.2) is 46.4 Å². The molecule has 0 aliphatic heterocycles. The number of carbonyl (C=O) groups is 1. The first-order valence-electron chi connectivity index (χ1n) is 5.69. The Bertz CT molecular complexity index is 756. The largest absolute Gasteiger partial charge is 0.462 e. The van der Waals surface area contributed by atoms with Gasteiger partial charge in [0.25, 0.3) is 0 Å². The van der Waals surface area contributed by atoms with Crippen molar-refractivity contribution in [1.82, 2.24) is 4.98 Å². The molecule has 0 aliphatic rings. The number of thiophene rings is 1. The number of aromatic nitrogens is 1.